The average Bonchev–Trinajstić information content (AvgIpc) is 2.77. The molecule has 0 saturated carbocycles. The Labute approximate surface area is 118 Å². The van der Waals surface area contributed by atoms with Crippen LogP contribution in [0, 0.1) is 11.7 Å². The van der Waals surface area contributed by atoms with Crippen molar-refractivity contribution in [3.8, 4) is 17.1 Å². The van der Waals surface area contributed by atoms with Gasteiger partial charge in [-0.15, -0.1) is 0 Å². The number of rotatable bonds is 2. The quantitative estimate of drug-likeness (QED) is 0.832. The number of fused-ring (bicyclic) bond motifs is 1. The number of nitrogens with zero attached hydrogens (tertiary/aromatic N) is 2. The van der Waals surface area contributed by atoms with E-state index in [1.54, 1.807) is 12.1 Å². The van der Waals surface area contributed by atoms with Crippen molar-refractivity contribution in [2.45, 2.75) is 33.2 Å². The second-order valence-electron chi connectivity index (χ2n) is 5.80. The van der Waals surface area contributed by atoms with Crippen molar-refractivity contribution in [1.29, 1.82) is 0 Å². The highest BCUT2D eigenvalue weighted by Gasteiger charge is 2.28. The summed E-state index contributed by atoms with van der Waals surface area (Å²) >= 11 is 0. The van der Waals surface area contributed by atoms with Gasteiger partial charge in [-0.05, 0) is 18.1 Å². The Balaban J connectivity index is 2.19. The second-order valence-corrected chi connectivity index (χ2v) is 5.80. The standard InChI is InChI=1S/C16H19FN2O/c1-10(2)14-15(12-6-4-5-7-13(12)17)18-19-8-11(3)9-20-16(14)19/h4-7,10-11H,8-9H2,1-3H3/t11-/m1/s1. The molecule has 1 aromatic carbocycles. The molecule has 0 amide bonds. The van der Waals surface area contributed by atoms with Crippen molar-refractivity contribution in [2.24, 2.45) is 5.92 Å². The molecular formula is C16H19FN2O. The van der Waals surface area contributed by atoms with Crippen LogP contribution in [0.1, 0.15) is 32.3 Å². The van der Waals surface area contributed by atoms with E-state index < -0.39 is 0 Å². The SMILES string of the molecule is CC(C)c1c(-c2ccccc2F)nn2c1OC[C@H](C)C2. The lowest BCUT2D eigenvalue weighted by molar-refractivity contribution is 0.173. The van der Waals surface area contributed by atoms with Crippen LogP contribution in [-0.2, 0) is 6.54 Å². The topological polar surface area (TPSA) is 27.1 Å². The Morgan fingerprint density at radius 3 is 2.80 bits per heavy atom. The van der Waals surface area contributed by atoms with Gasteiger partial charge in [0.2, 0.25) is 5.88 Å². The third-order valence-electron chi connectivity index (χ3n) is 3.64. The zero-order chi connectivity index (χ0) is 14.3. The van der Waals surface area contributed by atoms with Crippen LogP contribution in [0.15, 0.2) is 24.3 Å². The van der Waals surface area contributed by atoms with Crippen molar-refractivity contribution < 1.29 is 9.13 Å². The molecule has 3 rings (SSSR count). The summed E-state index contributed by atoms with van der Waals surface area (Å²) in [4.78, 5) is 0. The lowest BCUT2D eigenvalue weighted by Crippen LogP contribution is -2.23. The number of hydrogen-bond donors (Lipinski definition) is 0. The maximum Gasteiger partial charge on any atom is 0.215 e. The van der Waals surface area contributed by atoms with Crippen LogP contribution < -0.4 is 4.74 Å². The minimum atomic E-state index is -0.238. The van der Waals surface area contributed by atoms with E-state index in [0.717, 1.165) is 18.0 Å². The smallest absolute Gasteiger partial charge is 0.215 e. The molecule has 20 heavy (non-hydrogen) atoms. The maximum atomic E-state index is 14.1. The molecule has 3 nitrogen and oxygen atoms in total. The van der Waals surface area contributed by atoms with Gasteiger partial charge in [0, 0.05) is 17.0 Å². The fourth-order valence-corrected chi connectivity index (χ4v) is 2.68. The molecule has 0 aliphatic carbocycles. The van der Waals surface area contributed by atoms with E-state index in [9.17, 15) is 4.39 Å². The van der Waals surface area contributed by atoms with Crippen LogP contribution in [0.3, 0.4) is 0 Å². The lowest BCUT2D eigenvalue weighted by Gasteiger charge is -2.22. The average molecular weight is 274 g/mol. The van der Waals surface area contributed by atoms with E-state index in [4.69, 9.17) is 4.74 Å². The van der Waals surface area contributed by atoms with Gasteiger partial charge in [-0.25, -0.2) is 9.07 Å². The molecule has 0 unspecified atom stereocenters. The summed E-state index contributed by atoms with van der Waals surface area (Å²) in [5.74, 6) is 1.23. The first-order valence-electron chi connectivity index (χ1n) is 7.06. The Morgan fingerprint density at radius 2 is 2.10 bits per heavy atom. The molecule has 2 heterocycles. The minimum absolute atomic E-state index is 0.238. The van der Waals surface area contributed by atoms with Crippen LogP contribution >= 0.6 is 0 Å². The molecule has 1 aliphatic heterocycles. The van der Waals surface area contributed by atoms with Gasteiger partial charge in [0.05, 0.1) is 13.2 Å². The molecule has 4 heteroatoms. The molecule has 0 fully saturated rings. The van der Waals surface area contributed by atoms with Gasteiger partial charge < -0.3 is 4.74 Å². The predicted octanol–water partition coefficient (Wildman–Crippen LogP) is 3.84. The predicted molar refractivity (Wildman–Crippen MR) is 76.4 cm³/mol. The Morgan fingerprint density at radius 1 is 1.35 bits per heavy atom. The number of ether oxygens (including phenoxy) is 1. The van der Waals surface area contributed by atoms with E-state index in [1.807, 2.05) is 10.7 Å². The molecule has 0 bridgehead atoms. The molecule has 106 valence electrons. The van der Waals surface area contributed by atoms with Crippen molar-refractivity contribution in [1.82, 2.24) is 9.78 Å². The van der Waals surface area contributed by atoms with E-state index in [2.05, 4.69) is 25.9 Å². The molecule has 0 radical (unpaired) electrons. The molecule has 0 saturated heterocycles. The lowest BCUT2D eigenvalue weighted by atomic mass is 9.98. The normalized spacial score (nSPS) is 17.9. The molecule has 0 spiro atoms. The first-order valence-corrected chi connectivity index (χ1v) is 7.06. The minimum Gasteiger partial charge on any atom is -0.477 e. The summed E-state index contributed by atoms with van der Waals surface area (Å²) in [6.07, 6.45) is 0. The van der Waals surface area contributed by atoms with E-state index in [1.165, 1.54) is 6.07 Å². The summed E-state index contributed by atoms with van der Waals surface area (Å²) in [7, 11) is 0. The van der Waals surface area contributed by atoms with Gasteiger partial charge in [-0.1, -0.05) is 32.9 Å². The Bertz CT molecular complexity index is 633. The molecule has 2 aromatic rings. The largest absolute Gasteiger partial charge is 0.477 e. The monoisotopic (exact) mass is 274 g/mol. The maximum absolute atomic E-state index is 14.1. The third kappa shape index (κ3) is 2.09. The Kier molecular flexibility index (Phi) is 3.24. The summed E-state index contributed by atoms with van der Waals surface area (Å²) in [5, 5.41) is 4.61. The molecule has 1 aromatic heterocycles. The van der Waals surface area contributed by atoms with Crippen LogP contribution in [0.5, 0.6) is 5.88 Å². The molecule has 0 N–H and O–H groups in total. The first-order chi connectivity index (χ1) is 9.58. The fraction of sp³-hybridized carbons (Fsp3) is 0.438. The summed E-state index contributed by atoms with van der Waals surface area (Å²) < 4.78 is 21.8. The number of benzene rings is 1. The number of hydrogen-bond acceptors (Lipinski definition) is 2. The zero-order valence-electron chi connectivity index (χ0n) is 12.1. The summed E-state index contributed by atoms with van der Waals surface area (Å²) in [6.45, 7) is 7.82. The van der Waals surface area contributed by atoms with Crippen molar-refractivity contribution in [2.75, 3.05) is 6.61 Å². The number of halogens is 1. The van der Waals surface area contributed by atoms with Gasteiger partial charge in [-0.3, -0.25) is 0 Å². The van der Waals surface area contributed by atoms with E-state index in [0.29, 0.717) is 23.8 Å². The van der Waals surface area contributed by atoms with Gasteiger partial charge in [0.1, 0.15) is 11.5 Å². The Hall–Kier alpha value is -1.84. The van der Waals surface area contributed by atoms with Gasteiger partial charge in [-0.2, -0.15) is 5.10 Å². The highest BCUT2D eigenvalue weighted by atomic mass is 19.1. The second kappa shape index (κ2) is 4.93. The zero-order valence-corrected chi connectivity index (χ0v) is 12.1. The highest BCUT2D eigenvalue weighted by Crippen LogP contribution is 2.38. The van der Waals surface area contributed by atoms with Crippen molar-refractivity contribution >= 4 is 0 Å². The fourth-order valence-electron chi connectivity index (χ4n) is 2.68. The van der Waals surface area contributed by atoms with Gasteiger partial charge >= 0.3 is 0 Å². The van der Waals surface area contributed by atoms with Crippen LogP contribution in [0.25, 0.3) is 11.3 Å². The molecule has 1 aliphatic rings. The van der Waals surface area contributed by atoms with Crippen LogP contribution in [-0.4, -0.2) is 16.4 Å². The summed E-state index contributed by atoms with van der Waals surface area (Å²) in [6, 6.07) is 6.78. The summed E-state index contributed by atoms with van der Waals surface area (Å²) in [5.41, 5.74) is 2.26. The van der Waals surface area contributed by atoms with Gasteiger partial charge in [0.25, 0.3) is 0 Å². The van der Waals surface area contributed by atoms with Gasteiger partial charge in [0.15, 0.2) is 0 Å². The highest BCUT2D eigenvalue weighted by molar-refractivity contribution is 5.67. The molecule has 1 atom stereocenters. The van der Waals surface area contributed by atoms with Crippen molar-refractivity contribution in [3.63, 3.8) is 0 Å². The molecular weight excluding hydrogens is 255 g/mol. The van der Waals surface area contributed by atoms with Crippen LogP contribution in [0.2, 0.25) is 0 Å². The van der Waals surface area contributed by atoms with Crippen molar-refractivity contribution in [3.05, 3.63) is 35.6 Å². The number of aromatic nitrogens is 2. The van der Waals surface area contributed by atoms with E-state index >= 15 is 0 Å². The third-order valence-corrected chi connectivity index (χ3v) is 3.64. The van der Waals surface area contributed by atoms with Crippen LogP contribution in [0.4, 0.5) is 4.39 Å². The van der Waals surface area contributed by atoms with E-state index in [-0.39, 0.29) is 11.7 Å². The first kappa shape index (κ1) is 13.2.